The zero-order valence-electron chi connectivity index (χ0n) is 13.1. The largest absolute Gasteiger partial charge is 0.447 e. The summed E-state index contributed by atoms with van der Waals surface area (Å²) < 4.78 is 31.9. The topological polar surface area (TPSA) is 70.2 Å². The van der Waals surface area contributed by atoms with Crippen LogP contribution >= 0.6 is 34.8 Å². The molecule has 1 aromatic carbocycles. The number of hydrogen-bond donors (Lipinski definition) is 0. The molecule has 0 atom stereocenters. The van der Waals surface area contributed by atoms with E-state index in [0.717, 1.165) is 0 Å². The normalized spacial score (nSPS) is 20.1. The number of piperazine rings is 1. The van der Waals surface area contributed by atoms with Gasteiger partial charge in [-0.1, -0.05) is 34.8 Å². The van der Waals surface area contributed by atoms with Gasteiger partial charge in [-0.05, 0) is 12.1 Å². The van der Waals surface area contributed by atoms with E-state index in [4.69, 9.17) is 39.5 Å². The van der Waals surface area contributed by atoms with Crippen LogP contribution in [0.1, 0.15) is 0 Å². The summed E-state index contributed by atoms with van der Waals surface area (Å²) in [7, 11) is -3.82. The monoisotopic (exact) mass is 427 g/mol. The van der Waals surface area contributed by atoms with Crippen LogP contribution < -0.4 is 0 Å². The molecular weight excluding hydrogens is 413 g/mol. The molecule has 0 aliphatic carbocycles. The lowest BCUT2D eigenvalue weighted by Gasteiger charge is -2.35. The molecule has 138 valence electrons. The van der Waals surface area contributed by atoms with Gasteiger partial charge in [-0.3, -0.25) is 9.80 Å². The molecule has 1 aromatic rings. The van der Waals surface area contributed by atoms with Crippen molar-refractivity contribution in [1.82, 2.24) is 14.1 Å². The third-order valence-corrected chi connectivity index (χ3v) is 7.15. The number of sulfonamides is 1. The highest BCUT2D eigenvalue weighted by Crippen LogP contribution is 2.34. The van der Waals surface area contributed by atoms with Crippen LogP contribution in [0.25, 0.3) is 0 Å². The molecule has 0 aromatic heterocycles. The van der Waals surface area contributed by atoms with Crippen LogP contribution in [0.4, 0.5) is 4.79 Å². The lowest BCUT2D eigenvalue weighted by atomic mass is 10.4. The fourth-order valence-electron chi connectivity index (χ4n) is 2.81. The molecule has 0 unspecified atom stereocenters. The van der Waals surface area contributed by atoms with Crippen molar-refractivity contribution in [3.05, 3.63) is 27.2 Å². The minimum Gasteiger partial charge on any atom is -0.447 e. The van der Waals surface area contributed by atoms with E-state index >= 15 is 0 Å². The predicted molar refractivity (Wildman–Crippen MR) is 94.7 cm³/mol. The third-order valence-electron chi connectivity index (χ3n) is 4.11. The number of cyclic esters (lactones) is 1. The van der Waals surface area contributed by atoms with E-state index in [-0.39, 0.29) is 39.1 Å². The Morgan fingerprint density at radius 3 is 2.12 bits per heavy atom. The first kappa shape index (κ1) is 19.0. The smallest absolute Gasteiger partial charge is 0.410 e. The van der Waals surface area contributed by atoms with Gasteiger partial charge in [0, 0.05) is 31.2 Å². The fraction of sp³-hybridized carbons (Fsp3) is 0.500. The minimum absolute atomic E-state index is 0.000239. The summed E-state index contributed by atoms with van der Waals surface area (Å²) in [6.07, 6.45) is -0.338. The van der Waals surface area contributed by atoms with E-state index in [0.29, 0.717) is 32.9 Å². The molecule has 1 amide bonds. The van der Waals surface area contributed by atoms with Gasteiger partial charge in [0.05, 0.1) is 23.3 Å². The van der Waals surface area contributed by atoms with Crippen molar-refractivity contribution in [2.45, 2.75) is 4.90 Å². The van der Waals surface area contributed by atoms with Crippen LogP contribution in [0.15, 0.2) is 17.0 Å². The molecule has 0 bridgehead atoms. The van der Waals surface area contributed by atoms with Gasteiger partial charge in [0.2, 0.25) is 10.0 Å². The van der Waals surface area contributed by atoms with Crippen LogP contribution in [0.3, 0.4) is 0 Å². The number of rotatable bonds is 4. The van der Waals surface area contributed by atoms with E-state index in [9.17, 15) is 13.2 Å². The number of amides is 1. The van der Waals surface area contributed by atoms with Gasteiger partial charge in [0.1, 0.15) is 11.5 Å². The summed E-state index contributed by atoms with van der Waals surface area (Å²) in [6.45, 7) is 2.90. The van der Waals surface area contributed by atoms with E-state index in [1.807, 2.05) is 4.90 Å². The fourth-order valence-corrected chi connectivity index (χ4v) is 5.73. The maximum absolute atomic E-state index is 12.9. The maximum Gasteiger partial charge on any atom is 0.410 e. The Labute approximate surface area is 161 Å². The Morgan fingerprint density at radius 2 is 1.60 bits per heavy atom. The van der Waals surface area contributed by atoms with Gasteiger partial charge >= 0.3 is 6.09 Å². The zero-order chi connectivity index (χ0) is 18.2. The first-order chi connectivity index (χ1) is 11.8. The van der Waals surface area contributed by atoms with E-state index < -0.39 is 10.0 Å². The Hall–Kier alpha value is -0.770. The van der Waals surface area contributed by atoms with Crippen molar-refractivity contribution in [3.8, 4) is 0 Å². The van der Waals surface area contributed by atoms with Gasteiger partial charge in [-0.15, -0.1) is 0 Å². The van der Waals surface area contributed by atoms with Crippen molar-refractivity contribution in [1.29, 1.82) is 0 Å². The Morgan fingerprint density at radius 1 is 1.00 bits per heavy atom. The number of benzene rings is 1. The molecular formula is C14H16Cl3N3O4S. The molecule has 2 aliphatic rings. The van der Waals surface area contributed by atoms with Crippen molar-refractivity contribution in [2.24, 2.45) is 0 Å². The van der Waals surface area contributed by atoms with Gasteiger partial charge < -0.3 is 4.74 Å². The average molecular weight is 429 g/mol. The lowest BCUT2D eigenvalue weighted by Crippen LogP contribution is -2.51. The van der Waals surface area contributed by atoms with Gasteiger partial charge in [-0.25, -0.2) is 13.2 Å². The summed E-state index contributed by atoms with van der Waals surface area (Å²) in [5.74, 6) is 0. The summed E-state index contributed by atoms with van der Waals surface area (Å²) >= 11 is 18.0. The van der Waals surface area contributed by atoms with Crippen LogP contribution in [0.2, 0.25) is 15.1 Å². The number of ether oxygens (including phenoxy) is 1. The molecule has 0 radical (unpaired) electrons. The Balaban J connectivity index is 1.69. The SMILES string of the molecule is O=C1OCCN1CN1CCN(S(=O)(=O)c2c(Cl)cc(Cl)cc2Cl)CC1. The molecule has 2 saturated heterocycles. The second-order valence-corrected chi connectivity index (χ2v) is 8.87. The Bertz CT molecular complexity index is 759. The minimum atomic E-state index is -3.82. The number of carbonyl (C=O) groups is 1. The van der Waals surface area contributed by atoms with Crippen molar-refractivity contribution >= 4 is 50.9 Å². The maximum atomic E-state index is 12.9. The van der Waals surface area contributed by atoms with E-state index in [2.05, 4.69) is 0 Å². The molecule has 7 nitrogen and oxygen atoms in total. The highest BCUT2D eigenvalue weighted by atomic mass is 35.5. The first-order valence-electron chi connectivity index (χ1n) is 7.58. The molecule has 3 rings (SSSR count). The number of halogens is 3. The summed E-state index contributed by atoms with van der Waals surface area (Å²) in [4.78, 5) is 15.0. The Kier molecular flexibility index (Phi) is 5.67. The second-order valence-electron chi connectivity index (χ2n) is 5.74. The summed E-state index contributed by atoms with van der Waals surface area (Å²) in [5, 5.41) is 0.274. The van der Waals surface area contributed by atoms with Crippen LogP contribution in [0, 0.1) is 0 Å². The molecule has 2 heterocycles. The average Bonchev–Trinajstić information content (AvgIpc) is 2.91. The summed E-state index contributed by atoms with van der Waals surface area (Å²) in [6, 6.07) is 2.72. The third kappa shape index (κ3) is 3.99. The summed E-state index contributed by atoms with van der Waals surface area (Å²) in [5.41, 5.74) is 0. The molecule has 2 aliphatic heterocycles. The highest BCUT2D eigenvalue weighted by molar-refractivity contribution is 7.89. The van der Waals surface area contributed by atoms with E-state index in [1.165, 1.54) is 16.4 Å². The van der Waals surface area contributed by atoms with Crippen molar-refractivity contribution < 1.29 is 17.9 Å². The molecule has 0 saturated carbocycles. The van der Waals surface area contributed by atoms with Crippen molar-refractivity contribution in [2.75, 3.05) is 46.0 Å². The quantitative estimate of drug-likeness (QED) is 0.736. The second kappa shape index (κ2) is 7.46. The highest BCUT2D eigenvalue weighted by Gasteiger charge is 2.33. The predicted octanol–water partition coefficient (Wildman–Crippen LogP) is 2.36. The molecule has 25 heavy (non-hydrogen) atoms. The molecule has 0 spiro atoms. The van der Waals surface area contributed by atoms with Crippen LogP contribution in [-0.4, -0.2) is 74.6 Å². The number of hydrogen-bond acceptors (Lipinski definition) is 5. The van der Waals surface area contributed by atoms with Crippen molar-refractivity contribution in [3.63, 3.8) is 0 Å². The standard InChI is InChI=1S/C14H16Cl3N3O4S/c15-10-7-11(16)13(12(17)8-10)25(22,23)20-3-1-18(2-4-20)9-19-5-6-24-14(19)21/h7-8H,1-6,9H2. The first-order valence-corrected chi connectivity index (χ1v) is 10.1. The molecule has 11 heteroatoms. The molecule has 0 N–H and O–H groups in total. The van der Waals surface area contributed by atoms with E-state index in [1.54, 1.807) is 4.90 Å². The molecule has 2 fully saturated rings. The van der Waals surface area contributed by atoms with Gasteiger partial charge in [-0.2, -0.15) is 4.31 Å². The number of carbonyl (C=O) groups excluding carboxylic acids is 1. The zero-order valence-corrected chi connectivity index (χ0v) is 16.2. The lowest BCUT2D eigenvalue weighted by molar-refractivity contribution is 0.110. The van der Waals surface area contributed by atoms with Crippen LogP contribution in [-0.2, 0) is 14.8 Å². The van der Waals surface area contributed by atoms with Gasteiger partial charge in [0.15, 0.2) is 0 Å². The van der Waals surface area contributed by atoms with Crippen LogP contribution in [0.5, 0.6) is 0 Å². The number of nitrogens with zero attached hydrogens (tertiary/aromatic N) is 3. The van der Waals surface area contributed by atoms with Gasteiger partial charge in [0.25, 0.3) is 0 Å².